The van der Waals surface area contributed by atoms with Gasteiger partial charge in [-0.3, -0.25) is 4.79 Å². The fourth-order valence-corrected chi connectivity index (χ4v) is 3.49. The number of carbonyl (C=O) groups is 1. The highest BCUT2D eigenvalue weighted by Gasteiger charge is 2.47. The minimum Gasteiger partial charge on any atom is -0.363 e. The van der Waals surface area contributed by atoms with E-state index in [1.165, 1.54) is 17.4 Å². The quantitative estimate of drug-likeness (QED) is 0.879. The molecule has 0 aromatic carbocycles. The van der Waals surface area contributed by atoms with Crippen LogP contribution in [-0.4, -0.2) is 27.9 Å². The molecule has 1 aliphatic rings. The van der Waals surface area contributed by atoms with Gasteiger partial charge in [0.05, 0.1) is 6.04 Å². The molecule has 0 spiro atoms. The lowest BCUT2D eigenvalue weighted by atomic mass is 10.0. The Bertz CT molecular complexity index is 724. The van der Waals surface area contributed by atoms with E-state index in [-0.39, 0.29) is 24.0 Å². The van der Waals surface area contributed by atoms with Gasteiger partial charge in [-0.15, -0.1) is 11.3 Å². The number of anilines is 1. The molecule has 2 aromatic rings. The molecule has 0 fully saturated rings. The van der Waals surface area contributed by atoms with Crippen molar-refractivity contribution in [1.29, 1.82) is 0 Å². The second-order valence-corrected chi connectivity index (χ2v) is 6.97. The van der Waals surface area contributed by atoms with Crippen LogP contribution in [0, 0.1) is 0 Å². The van der Waals surface area contributed by atoms with Crippen LogP contribution in [-0.2, 0) is 0 Å². The Hall–Kier alpha value is -2.03. The summed E-state index contributed by atoms with van der Waals surface area (Å²) in [6, 6.07) is 2.63. The Kier molecular flexibility index (Phi) is 4.29. The normalized spacial score (nSPS) is 20.6. The number of rotatable bonds is 3. The van der Waals surface area contributed by atoms with E-state index in [9.17, 15) is 18.0 Å². The Labute approximate surface area is 140 Å². The highest BCUT2D eigenvalue weighted by atomic mass is 32.1. The number of hydrogen-bond donors (Lipinski definition) is 2. The monoisotopic (exact) mass is 358 g/mol. The van der Waals surface area contributed by atoms with Crippen LogP contribution in [0.25, 0.3) is 0 Å². The Morgan fingerprint density at radius 2 is 2.25 bits per heavy atom. The molecule has 2 aromatic heterocycles. The molecule has 0 bridgehead atoms. The van der Waals surface area contributed by atoms with Crippen LogP contribution in [0.1, 0.15) is 47.7 Å². The fraction of sp³-hybridized carbons (Fsp3) is 0.467. The number of amides is 1. The van der Waals surface area contributed by atoms with E-state index in [2.05, 4.69) is 15.7 Å². The summed E-state index contributed by atoms with van der Waals surface area (Å²) in [5.74, 6) is -0.279. The lowest BCUT2D eigenvalue weighted by Gasteiger charge is -2.32. The number of nitrogens with one attached hydrogen (secondary N) is 2. The van der Waals surface area contributed by atoms with Crippen molar-refractivity contribution < 1.29 is 18.0 Å². The molecule has 2 atom stereocenters. The Balaban J connectivity index is 1.95. The van der Waals surface area contributed by atoms with Gasteiger partial charge in [-0.2, -0.15) is 18.3 Å². The summed E-state index contributed by atoms with van der Waals surface area (Å²) in [4.78, 5) is 12.9. The first-order chi connectivity index (χ1) is 11.3. The summed E-state index contributed by atoms with van der Waals surface area (Å²) < 4.78 is 41.3. The van der Waals surface area contributed by atoms with Crippen molar-refractivity contribution in [2.45, 2.75) is 44.6 Å². The third-order valence-electron chi connectivity index (χ3n) is 3.73. The van der Waals surface area contributed by atoms with E-state index in [4.69, 9.17) is 0 Å². The average Bonchev–Trinajstić information content (AvgIpc) is 3.13. The third-order valence-corrected chi connectivity index (χ3v) is 4.71. The van der Waals surface area contributed by atoms with Gasteiger partial charge in [0.25, 0.3) is 5.91 Å². The molecule has 2 N–H and O–H groups in total. The average molecular weight is 358 g/mol. The number of halogens is 3. The number of carbonyl (C=O) groups excluding carboxylic acids is 1. The van der Waals surface area contributed by atoms with Gasteiger partial charge in [-0.1, -0.05) is 6.07 Å². The minimum atomic E-state index is -4.44. The number of hydrogen-bond acceptors (Lipinski definition) is 4. The van der Waals surface area contributed by atoms with E-state index >= 15 is 0 Å². The molecule has 0 unspecified atom stereocenters. The van der Waals surface area contributed by atoms with Crippen LogP contribution in [0.4, 0.5) is 19.0 Å². The number of nitrogens with zero attached hydrogens (tertiary/aromatic N) is 2. The number of thiophene rings is 1. The zero-order valence-electron chi connectivity index (χ0n) is 13.1. The third kappa shape index (κ3) is 3.26. The summed E-state index contributed by atoms with van der Waals surface area (Å²) in [5, 5.41) is 11.4. The Morgan fingerprint density at radius 1 is 1.50 bits per heavy atom. The lowest BCUT2D eigenvalue weighted by Crippen LogP contribution is -2.35. The minimum absolute atomic E-state index is 0.0210. The largest absolute Gasteiger partial charge is 0.410 e. The molecule has 3 rings (SSSR count). The molecule has 9 heteroatoms. The van der Waals surface area contributed by atoms with Gasteiger partial charge in [0, 0.05) is 23.4 Å². The van der Waals surface area contributed by atoms with Gasteiger partial charge in [0.15, 0.2) is 11.7 Å². The smallest absolute Gasteiger partial charge is 0.363 e. The van der Waals surface area contributed by atoms with Gasteiger partial charge >= 0.3 is 6.18 Å². The second-order valence-electron chi connectivity index (χ2n) is 5.99. The first-order valence-electron chi connectivity index (χ1n) is 7.52. The SMILES string of the molecule is CC(C)NC(=O)c1cc2n(n1)[C@H](C(F)(F)F)C[C@H](c1cccs1)N2. The van der Waals surface area contributed by atoms with Crippen LogP contribution in [0.15, 0.2) is 23.6 Å². The molecule has 0 saturated heterocycles. The van der Waals surface area contributed by atoms with Crippen molar-refractivity contribution in [2.75, 3.05) is 5.32 Å². The maximum Gasteiger partial charge on any atom is 0.410 e. The molecule has 1 aliphatic heterocycles. The molecular formula is C15H17F3N4OS. The van der Waals surface area contributed by atoms with Crippen molar-refractivity contribution in [3.8, 4) is 0 Å². The van der Waals surface area contributed by atoms with E-state index < -0.39 is 24.2 Å². The van der Waals surface area contributed by atoms with Crippen LogP contribution in [0.5, 0.6) is 0 Å². The standard InChI is InChI=1S/C15H17F3N4OS/c1-8(2)19-14(23)10-7-13-20-9(11-4-3-5-24-11)6-12(15(16,17)18)22(13)21-10/h3-5,7-9,12,20H,6H2,1-2H3,(H,19,23)/t9-,12+/m1/s1. The first-order valence-corrected chi connectivity index (χ1v) is 8.40. The lowest BCUT2D eigenvalue weighted by molar-refractivity contribution is -0.173. The summed E-state index contributed by atoms with van der Waals surface area (Å²) in [7, 11) is 0. The van der Waals surface area contributed by atoms with Crippen LogP contribution in [0.2, 0.25) is 0 Å². The highest BCUT2D eigenvalue weighted by molar-refractivity contribution is 7.10. The number of alkyl halides is 3. The maximum absolute atomic E-state index is 13.5. The molecule has 3 heterocycles. The fourth-order valence-electron chi connectivity index (χ4n) is 2.70. The van der Waals surface area contributed by atoms with E-state index in [0.717, 1.165) is 9.56 Å². The molecule has 130 valence electrons. The molecule has 0 radical (unpaired) electrons. The Morgan fingerprint density at radius 3 is 2.83 bits per heavy atom. The van der Waals surface area contributed by atoms with Gasteiger partial charge in [0.1, 0.15) is 5.82 Å². The zero-order chi connectivity index (χ0) is 17.5. The van der Waals surface area contributed by atoms with E-state index in [1.807, 2.05) is 5.38 Å². The van der Waals surface area contributed by atoms with Gasteiger partial charge in [-0.25, -0.2) is 4.68 Å². The maximum atomic E-state index is 13.5. The van der Waals surface area contributed by atoms with E-state index in [1.54, 1.807) is 26.0 Å². The van der Waals surface area contributed by atoms with Gasteiger partial charge in [-0.05, 0) is 25.3 Å². The molecular weight excluding hydrogens is 341 g/mol. The van der Waals surface area contributed by atoms with Crippen molar-refractivity contribution in [1.82, 2.24) is 15.1 Å². The highest BCUT2D eigenvalue weighted by Crippen LogP contribution is 2.44. The number of fused-ring (bicyclic) bond motifs is 1. The molecule has 0 aliphatic carbocycles. The van der Waals surface area contributed by atoms with Crippen LogP contribution >= 0.6 is 11.3 Å². The zero-order valence-corrected chi connectivity index (χ0v) is 13.9. The molecule has 1 amide bonds. The summed E-state index contributed by atoms with van der Waals surface area (Å²) in [5.41, 5.74) is -0.0210. The van der Waals surface area contributed by atoms with Gasteiger partial charge in [0.2, 0.25) is 0 Å². The van der Waals surface area contributed by atoms with E-state index in [0.29, 0.717) is 0 Å². The molecule has 24 heavy (non-hydrogen) atoms. The van der Waals surface area contributed by atoms with Crippen LogP contribution < -0.4 is 10.6 Å². The van der Waals surface area contributed by atoms with Crippen molar-refractivity contribution in [3.63, 3.8) is 0 Å². The van der Waals surface area contributed by atoms with Crippen molar-refractivity contribution in [3.05, 3.63) is 34.2 Å². The topological polar surface area (TPSA) is 59.0 Å². The summed E-state index contributed by atoms with van der Waals surface area (Å²) in [6.45, 7) is 3.55. The summed E-state index contributed by atoms with van der Waals surface area (Å²) >= 11 is 1.40. The summed E-state index contributed by atoms with van der Waals surface area (Å²) in [6.07, 6.45) is -4.60. The first kappa shape index (κ1) is 16.8. The molecule has 5 nitrogen and oxygen atoms in total. The van der Waals surface area contributed by atoms with Crippen molar-refractivity contribution >= 4 is 23.1 Å². The second kappa shape index (κ2) is 6.12. The predicted octanol–water partition coefficient (Wildman–Crippen LogP) is 3.74. The van der Waals surface area contributed by atoms with Gasteiger partial charge < -0.3 is 10.6 Å². The number of aromatic nitrogens is 2. The molecule has 0 saturated carbocycles. The van der Waals surface area contributed by atoms with Crippen LogP contribution in [0.3, 0.4) is 0 Å². The van der Waals surface area contributed by atoms with Crippen molar-refractivity contribution in [2.24, 2.45) is 0 Å². The predicted molar refractivity (Wildman–Crippen MR) is 85.2 cm³/mol.